The number of H-pyrrole nitrogens is 1. The molecule has 0 unspecified atom stereocenters. The van der Waals surface area contributed by atoms with Crippen molar-refractivity contribution in [3.05, 3.63) is 52.3 Å². The monoisotopic (exact) mass is 571 g/mol. The molecule has 3 N–H and O–H groups in total. The number of aromatic carboxylic acids is 1. The maximum Gasteiger partial charge on any atom is 0.341 e. The number of likely N-dealkylation sites (N-methyl/N-ethyl adjacent to an activating group) is 1. The van der Waals surface area contributed by atoms with Crippen molar-refractivity contribution >= 4 is 50.3 Å². The van der Waals surface area contributed by atoms with Gasteiger partial charge in [0.15, 0.2) is 11.6 Å². The number of fused-ring (bicyclic) bond motifs is 5. The number of hydrogen-bond donors (Lipinski definition) is 3. The van der Waals surface area contributed by atoms with E-state index in [2.05, 4.69) is 32.1 Å². The molecule has 5 aromatic rings. The molecule has 42 heavy (non-hydrogen) atoms. The lowest BCUT2D eigenvalue weighted by Gasteiger charge is -2.26. The molecule has 7 rings (SSSR count). The van der Waals surface area contributed by atoms with Crippen LogP contribution in [0, 0.1) is 11.7 Å². The van der Waals surface area contributed by atoms with Gasteiger partial charge in [-0.25, -0.2) is 19.2 Å². The van der Waals surface area contributed by atoms with E-state index < -0.39 is 17.2 Å². The van der Waals surface area contributed by atoms with Crippen LogP contribution < -0.4 is 20.4 Å². The molecule has 2 atom stereocenters. The first-order valence-corrected chi connectivity index (χ1v) is 13.8. The lowest BCUT2D eigenvalue weighted by atomic mass is 10.0. The molecule has 6 heterocycles. The molecule has 2 aliphatic heterocycles. The van der Waals surface area contributed by atoms with Crippen LogP contribution in [-0.4, -0.2) is 82.4 Å². The summed E-state index contributed by atoms with van der Waals surface area (Å²) in [5, 5.41) is 14.2. The van der Waals surface area contributed by atoms with E-state index in [0.29, 0.717) is 56.4 Å². The Balaban J connectivity index is 1.56. The van der Waals surface area contributed by atoms with Crippen LogP contribution in [0.5, 0.6) is 5.75 Å². The molecule has 11 nitrogen and oxygen atoms in total. The number of carboxylic acids is 1. The summed E-state index contributed by atoms with van der Waals surface area (Å²) in [6.07, 6.45) is 5.78. The summed E-state index contributed by atoms with van der Waals surface area (Å²) in [6.45, 7) is 2.61. The SMILES string of the molecule is CNc1cc(F)c(OC)c2c1[nH]c1ncc(-c3cnc4c(c3)c(=O)c(C(=O)O)cn4C)c(N3C[C@H]4CCN(C)[C@H]4C3)c12. The summed E-state index contributed by atoms with van der Waals surface area (Å²) < 4.78 is 22.5. The number of likely N-dealkylation sites (tertiary alicyclic amines) is 1. The molecule has 0 saturated carbocycles. The van der Waals surface area contributed by atoms with Crippen LogP contribution in [0.2, 0.25) is 0 Å². The predicted molar refractivity (Wildman–Crippen MR) is 159 cm³/mol. The fourth-order valence-electron chi connectivity index (χ4n) is 6.91. The predicted octanol–water partition coefficient (Wildman–Crippen LogP) is 3.66. The highest BCUT2D eigenvalue weighted by atomic mass is 19.1. The zero-order valence-electron chi connectivity index (χ0n) is 23.7. The third kappa shape index (κ3) is 3.67. The number of nitrogens with zero attached hydrogens (tertiary/aromatic N) is 5. The summed E-state index contributed by atoms with van der Waals surface area (Å²) in [5.41, 5.74) is 3.41. The molecular formula is C30H30FN7O4. The molecule has 0 spiro atoms. The highest BCUT2D eigenvalue weighted by molar-refractivity contribution is 6.20. The van der Waals surface area contributed by atoms with Gasteiger partial charge in [0.2, 0.25) is 5.43 Å². The van der Waals surface area contributed by atoms with E-state index >= 15 is 4.39 Å². The Hall–Kier alpha value is -4.71. The van der Waals surface area contributed by atoms with Crippen molar-refractivity contribution in [3.8, 4) is 16.9 Å². The van der Waals surface area contributed by atoms with Crippen molar-refractivity contribution in [1.82, 2.24) is 24.4 Å². The number of ether oxygens (including phenoxy) is 1. The molecule has 216 valence electrons. The van der Waals surface area contributed by atoms with E-state index in [1.807, 2.05) is 0 Å². The molecule has 2 saturated heterocycles. The molecular weight excluding hydrogens is 541 g/mol. The van der Waals surface area contributed by atoms with E-state index in [-0.39, 0.29) is 16.7 Å². The second-order valence-corrected chi connectivity index (χ2v) is 11.2. The van der Waals surface area contributed by atoms with Gasteiger partial charge in [0.05, 0.1) is 40.2 Å². The Kier molecular flexibility index (Phi) is 5.87. The highest BCUT2D eigenvalue weighted by Gasteiger charge is 2.41. The molecule has 1 aromatic carbocycles. The Labute approximate surface area is 239 Å². The molecule has 2 aliphatic rings. The molecule has 0 bridgehead atoms. The summed E-state index contributed by atoms with van der Waals surface area (Å²) in [5.74, 6) is -1.21. The molecule has 4 aromatic heterocycles. The summed E-state index contributed by atoms with van der Waals surface area (Å²) in [6, 6.07) is 3.45. The lowest BCUT2D eigenvalue weighted by molar-refractivity contribution is 0.0695. The number of carboxylic acid groups (broad SMARTS) is 1. The first-order valence-electron chi connectivity index (χ1n) is 13.8. The van der Waals surface area contributed by atoms with Gasteiger partial charge in [-0.3, -0.25) is 4.79 Å². The standard InChI is InChI=1S/C30H30FN7O4/c1-32-20-8-19(31)27(42-4)22-23-25(38-11-14-5-6-36(2)21(14)13-38)17(10-33-28(23)35-24(20)22)15-7-16-26(39)18(30(40)41)12-37(3)29(16)34-9-15/h7-10,12,14,21,32H,5-6,11,13H2,1-4H3,(H,33,35)(H,40,41)/t14-,21+/m1/s1. The molecule has 0 radical (unpaired) electrons. The number of aryl methyl sites for hydroxylation is 1. The second-order valence-electron chi connectivity index (χ2n) is 11.2. The minimum Gasteiger partial charge on any atom is -0.493 e. The first-order chi connectivity index (χ1) is 20.2. The Morgan fingerprint density at radius 1 is 1.19 bits per heavy atom. The van der Waals surface area contributed by atoms with Gasteiger partial charge in [-0.15, -0.1) is 0 Å². The van der Waals surface area contributed by atoms with Gasteiger partial charge in [0, 0.05) is 69.0 Å². The number of carbonyl (C=O) groups is 1. The van der Waals surface area contributed by atoms with Gasteiger partial charge < -0.3 is 34.5 Å². The van der Waals surface area contributed by atoms with Crippen LogP contribution >= 0.6 is 0 Å². The molecule has 12 heteroatoms. The van der Waals surface area contributed by atoms with E-state index in [1.54, 1.807) is 32.6 Å². The van der Waals surface area contributed by atoms with Crippen molar-refractivity contribution in [1.29, 1.82) is 0 Å². The van der Waals surface area contributed by atoms with Crippen LogP contribution in [0.25, 0.3) is 44.1 Å². The lowest BCUT2D eigenvalue weighted by Crippen LogP contribution is -2.32. The largest absolute Gasteiger partial charge is 0.493 e. The zero-order valence-corrected chi connectivity index (χ0v) is 23.7. The number of hydrogen-bond acceptors (Lipinski definition) is 8. The number of benzene rings is 1. The van der Waals surface area contributed by atoms with Gasteiger partial charge in [0.1, 0.15) is 16.9 Å². The first kappa shape index (κ1) is 26.2. The summed E-state index contributed by atoms with van der Waals surface area (Å²) in [7, 11) is 6.98. The van der Waals surface area contributed by atoms with Crippen molar-refractivity contribution in [2.45, 2.75) is 12.5 Å². The fraction of sp³-hybridized carbons (Fsp3) is 0.333. The number of anilines is 2. The highest BCUT2D eigenvalue weighted by Crippen LogP contribution is 2.47. The summed E-state index contributed by atoms with van der Waals surface area (Å²) in [4.78, 5) is 42.4. The Morgan fingerprint density at radius 3 is 2.71 bits per heavy atom. The zero-order chi connectivity index (χ0) is 29.4. The van der Waals surface area contributed by atoms with Crippen LogP contribution in [-0.2, 0) is 7.05 Å². The van der Waals surface area contributed by atoms with Crippen LogP contribution in [0.15, 0.2) is 35.5 Å². The van der Waals surface area contributed by atoms with E-state index in [1.165, 1.54) is 23.9 Å². The van der Waals surface area contributed by atoms with E-state index in [4.69, 9.17) is 9.72 Å². The second kappa shape index (κ2) is 9.41. The number of aromatic nitrogens is 4. The Morgan fingerprint density at radius 2 is 2.00 bits per heavy atom. The number of aromatic amines is 1. The minimum atomic E-state index is -1.30. The third-order valence-electron chi connectivity index (χ3n) is 8.95. The number of nitrogens with one attached hydrogen (secondary N) is 2. The third-order valence-corrected chi connectivity index (χ3v) is 8.95. The average molecular weight is 572 g/mol. The number of rotatable bonds is 5. The Bertz CT molecular complexity index is 2000. The normalized spacial score (nSPS) is 18.8. The van der Waals surface area contributed by atoms with Crippen LogP contribution in [0.1, 0.15) is 16.8 Å². The van der Waals surface area contributed by atoms with Crippen molar-refractivity contribution < 1.29 is 19.0 Å². The molecule has 0 aliphatic carbocycles. The minimum absolute atomic E-state index is 0.114. The van der Waals surface area contributed by atoms with Gasteiger partial charge in [0.25, 0.3) is 0 Å². The van der Waals surface area contributed by atoms with Crippen LogP contribution in [0.4, 0.5) is 15.8 Å². The van der Waals surface area contributed by atoms with E-state index in [9.17, 15) is 14.7 Å². The van der Waals surface area contributed by atoms with Gasteiger partial charge >= 0.3 is 5.97 Å². The van der Waals surface area contributed by atoms with Crippen molar-refractivity contribution in [3.63, 3.8) is 0 Å². The maximum atomic E-state index is 15.4. The van der Waals surface area contributed by atoms with Gasteiger partial charge in [-0.1, -0.05) is 0 Å². The topological polar surface area (TPSA) is 129 Å². The smallest absolute Gasteiger partial charge is 0.341 e. The van der Waals surface area contributed by atoms with Crippen LogP contribution in [0.3, 0.4) is 0 Å². The number of halogens is 1. The summed E-state index contributed by atoms with van der Waals surface area (Å²) >= 11 is 0. The average Bonchev–Trinajstić information content (AvgIpc) is 3.68. The van der Waals surface area contributed by atoms with Gasteiger partial charge in [-0.05, 0) is 32.0 Å². The molecule has 2 fully saturated rings. The van der Waals surface area contributed by atoms with Crippen molar-refractivity contribution in [2.75, 3.05) is 51.1 Å². The number of methoxy groups -OCH3 is 1. The van der Waals surface area contributed by atoms with E-state index in [0.717, 1.165) is 31.7 Å². The van der Waals surface area contributed by atoms with Crippen molar-refractivity contribution in [2.24, 2.45) is 13.0 Å². The fourth-order valence-corrected chi connectivity index (χ4v) is 6.91. The number of pyridine rings is 3. The maximum absolute atomic E-state index is 15.4. The quantitative estimate of drug-likeness (QED) is 0.290. The molecule has 0 amide bonds. The van der Waals surface area contributed by atoms with Gasteiger partial charge in [-0.2, -0.15) is 0 Å².